The molecule has 0 amide bonds. The van der Waals surface area contributed by atoms with Gasteiger partial charge in [-0.2, -0.15) is 8.42 Å². The molecule has 1 heterocycles. The Hall–Kier alpha value is -2.09. The molecule has 2 aliphatic carbocycles. The molecule has 0 aromatic heterocycles. The third-order valence-corrected chi connectivity index (χ3v) is 14.2. The maximum absolute atomic E-state index is 11.7. The van der Waals surface area contributed by atoms with Crippen molar-refractivity contribution in [2.24, 2.45) is 5.92 Å². The summed E-state index contributed by atoms with van der Waals surface area (Å²) in [7, 11) is -8.42. The smallest absolute Gasteiger partial charge is 0.748 e. The standard InChI is InChI=1S/C45H50ClNO6S2.K/c1-44(2)38(36(18-10-28-54(48,49)50)37-23-19-30-12-5-7-16-34(30)41(37)44)24-20-32-14-9-15-33(43(32)46)22-26-40-45(3,4)42-35-17-8-6-13-31(35)21-25-39(42)47(40)27-11-29-55(51,52)53;/h5-8,12-13,16-17,19-26,36,38H,9-11,14-15,18,27-29H2,1-4H3,(H,48,49,50)(H,51,52,53);/q;+1/p-1/b24-20+,33-22+,40-26+;. The number of anilines is 1. The molecule has 0 bridgehead atoms. The minimum absolute atomic E-state index is 0. The van der Waals surface area contributed by atoms with Crippen LogP contribution >= 0.6 is 11.6 Å². The van der Waals surface area contributed by atoms with Crippen molar-refractivity contribution < 1.29 is 77.3 Å². The molecular formula is C45H49ClKNO6S2. The fourth-order valence-corrected chi connectivity index (χ4v) is 11.0. The zero-order chi connectivity index (χ0) is 39.3. The van der Waals surface area contributed by atoms with E-state index in [9.17, 15) is 25.9 Å². The van der Waals surface area contributed by atoms with Crippen molar-refractivity contribution in [3.05, 3.63) is 136 Å². The second kappa shape index (κ2) is 16.9. The van der Waals surface area contributed by atoms with E-state index in [1.54, 1.807) is 0 Å². The van der Waals surface area contributed by atoms with Crippen LogP contribution in [0.5, 0.6) is 0 Å². The largest absolute Gasteiger partial charge is 1.00 e. The summed E-state index contributed by atoms with van der Waals surface area (Å²) < 4.78 is 67.6. The predicted octanol–water partition coefficient (Wildman–Crippen LogP) is 7.43. The van der Waals surface area contributed by atoms with Gasteiger partial charge in [-0.25, -0.2) is 8.42 Å². The van der Waals surface area contributed by atoms with Crippen molar-refractivity contribution in [1.82, 2.24) is 0 Å². The molecule has 56 heavy (non-hydrogen) atoms. The second-order valence-electron chi connectivity index (χ2n) is 16.4. The van der Waals surface area contributed by atoms with Gasteiger partial charge < -0.3 is 9.45 Å². The van der Waals surface area contributed by atoms with E-state index in [2.05, 4.69) is 111 Å². The number of halogens is 1. The summed E-state index contributed by atoms with van der Waals surface area (Å²) in [5, 5.41) is 5.39. The number of rotatable bonds is 11. The van der Waals surface area contributed by atoms with Gasteiger partial charge in [-0.3, -0.25) is 4.55 Å². The summed E-state index contributed by atoms with van der Waals surface area (Å²) in [5.41, 5.74) is 7.17. The van der Waals surface area contributed by atoms with Gasteiger partial charge >= 0.3 is 51.4 Å². The zero-order valence-electron chi connectivity index (χ0n) is 32.9. The van der Waals surface area contributed by atoms with E-state index in [0.717, 1.165) is 57.6 Å². The SMILES string of the molecule is CC1(C)/C(=C\C=C2/CCCC(/C=C/C3C(CCCS(=O)(=O)O)c4ccc5ccccc5c4C3(C)C)=C2Cl)N(CCCS(=O)(=O)[O-])c2ccc3ccccc3c21.[K+]. The first-order valence-electron chi connectivity index (χ1n) is 19.2. The van der Waals surface area contributed by atoms with Gasteiger partial charge in [-0.1, -0.05) is 124 Å². The molecule has 0 radical (unpaired) electrons. The van der Waals surface area contributed by atoms with Crippen LogP contribution in [0.25, 0.3) is 21.5 Å². The van der Waals surface area contributed by atoms with Crippen LogP contribution in [0.3, 0.4) is 0 Å². The monoisotopic (exact) mass is 837 g/mol. The van der Waals surface area contributed by atoms with Gasteiger partial charge in [0, 0.05) is 34.1 Å². The van der Waals surface area contributed by atoms with Crippen LogP contribution in [0, 0.1) is 5.92 Å². The van der Waals surface area contributed by atoms with E-state index in [1.807, 2.05) is 18.2 Å². The molecule has 290 valence electrons. The number of fused-ring (bicyclic) bond motifs is 6. The number of hydrogen-bond donors (Lipinski definition) is 1. The molecule has 0 saturated heterocycles. The molecule has 11 heteroatoms. The Kier molecular flexibility index (Phi) is 13.1. The Morgan fingerprint density at radius 3 is 2.14 bits per heavy atom. The topological polar surface area (TPSA) is 115 Å². The number of benzene rings is 4. The van der Waals surface area contributed by atoms with E-state index >= 15 is 0 Å². The van der Waals surface area contributed by atoms with Gasteiger partial charge in [0.05, 0.1) is 15.9 Å². The number of hydrogen-bond acceptors (Lipinski definition) is 6. The normalized spacial score (nSPS) is 22.0. The molecule has 0 spiro atoms. The van der Waals surface area contributed by atoms with Gasteiger partial charge in [-0.05, 0) is 117 Å². The number of allylic oxidation sites excluding steroid dienone is 8. The molecule has 7 rings (SSSR count). The Bertz CT molecular complexity index is 2520. The Balaban J connectivity index is 0.00000532. The summed E-state index contributed by atoms with van der Waals surface area (Å²) in [6, 6.07) is 25.2. The number of nitrogens with zero attached hydrogens (tertiary/aromatic N) is 1. The molecule has 0 fully saturated rings. The summed E-state index contributed by atoms with van der Waals surface area (Å²) in [6.45, 7) is 9.32. The molecule has 3 aliphatic rings. The van der Waals surface area contributed by atoms with Crippen LogP contribution in [-0.4, -0.2) is 44.0 Å². The maximum atomic E-state index is 11.7. The average molecular weight is 839 g/mol. The Labute approximate surface area is 379 Å². The molecule has 4 aromatic rings. The first-order chi connectivity index (χ1) is 26.0. The van der Waals surface area contributed by atoms with Crippen LogP contribution in [0.1, 0.15) is 88.8 Å². The minimum atomic E-state index is -4.35. The molecule has 1 N–H and O–H groups in total. The van der Waals surface area contributed by atoms with Crippen LogP contribution in [0.15, 0.2) is 119 Å². The van der Waals surface area contributed by atoms with E-state index in [-0.39, 0.29) is 80.8 Å². The predicted molar refractivity (Wildman–Crippen MR) is 224 cm³/mol. The molecule has 7 nitrogen and oxygen atoms in total. The molecule has 4 aromatic carbocycles. The van der Waals surface area contributed by atoms with Crippen molar-refractivity contribution in [2.75, 3.05) is 23.0 Å². The Morgan fingerprint density at radius 1 is 0.839 bits per heavy atom. The first-order valence-corrected chi connectivity index (χ1v) is 22.7. The van der Waals surface area contributed by atoms with Crippen molar-refractivity contribution in [3.63, 3.8) is 0 Å². The van der Waals surface area contributed by atoms with Gasteiger partial charge in [0.25, 0.3) is 10.1 Å². The third kappa shape index (κ3) is 8.76. The van der Waals surface area contributed by atoms with Crippen molar-refractivity contribution in [1.29, 1.82) is 0 Å². The fraction of sp³-hybridized carbons (Fsp3) is 0.378. The molecular weight excluding hydrogens is 789 g/mol. The average Bonchev–Trinajstić information content (AvgIpc) is 3.47. The van der Waals surface area contributed by atoms with Gasteiger partial charge in [0.15, 0.2) is 0 Å². The minimum Gasteiger partial charge on any atom is -0.748 e. The fourth-order valence-electron chi connectivity index (χ4n) is 9.66. The molecule has 2 atom stereocenters. The zero-order valence-corrected chi connectivity index (χ0v) is 38.4. The molecule has 0 saturated carbocycles. The summed E-state index contributed by atoms with van der Waals surface area (Å²) in [5.74, 6) is -0.550. The van der Waals surface area contributed by atoms with Crippen molar-refractivity contribution >= 4 is 59.1 Å². The second-order valence-corrected chi connectivity index (χ2v) is 19.9. The van der Waals surface area contributed by atoms with Crippen LogP contribution in [-0.2, 0) is 31.1 Å². The van der Waals surface area contributed by atoms with E-state index < -0.39 is 31.4 Å². The quantitative estimate of drug-likeness (QED) is 0.124. The summed E-state index contributed by atoms with van der Waals surface area (Å²) in [4.78, 5) is 2.16. The molecule has 1 aliphatic heterocycles. The van der Waals surface area contributed by atoms with Crippen molar-refractivity contribution in [3.8, 4) is 0 Å². The van der Waals surface area contributed by atoms with Crippen LogP contribution in [0.4, 0.5) is 5.69 Å². The summed E-state index contributed by atoms with van der Waals surface area (Å²) >= 11 is 7.26. The van der Waals surface area contributed by atoms with Gasteiger partial charge in [-0.15, -0.1) is 0 Å². The third-order valence-electron chi connectivity index (χ3n) is 12.1. The van der Waals surface area contributed by atoms with Crippen LogP contribution < -0.4 is 56.3 Å². The van der Waals surface area contributed by atoms with E-state index in [4.69, 9.17) is 11.6 Å². The Morgan fingerprint density at radius 2 is 1.48 bits per heavy atom. The van der Waals surface area contributed by atoms with Crippen molar-refractivity contribution in [2.45, 2.75) is 83.0 Å². The van der Waals surface area contributed by atoms with Gasteiger partial charge in [0.1, 0.15) is 0 Å². The van der Waals surface area contributed by atoms with E-state index in [0.29, 0.717) is 19.4 Å². The first kappa shape index (κ1) is 43.5. The maximum Gasteiger partial charge on any atom is 1.00 e. The van der Waals surface area contributed by atoms with Gasteiger partial charge in [0.2, 0.25) is 0 Å². The van der Waals surface area contributed by atoms with E-state index in [1.165, 1.54) is 27.5 Å². The molecule has 2 unspecified atom stereocenters. The summed E-state index contributed by atoms with van der Waals surface area (Å²) in [6.07, 6.45) is 12.5. The van der Waals surface area contributed by atoms with Crippen LogP contribution in [0.2, 0.25) is 0 Å².